The number of ether oxygens (including phenoxy) is 1. The number of nitrogens with one attached hydrogen (secondary N) is 1. The molecule has 0 saturated carbocycles. The summed E-state index contributed by atoms with van der Waals surface area (Å²) in [5.41, 5.74) is 1.35. The Kier molecular flexibility index (Phi) is 6.24. The van der Waals surface area contributed by atoms with Crippen LogP contribution in [0, 0.1) is 0 Å². The van der Waals surface area contributed by atoms with Gasteiger partial charge in [-0.3, -0.25) is 14.6 Å². The molecule has 24 heavy (non-hydrogen) atoms. The smallest absolute Gasteiger partial charge is 0.237 e. The van der Waals surface area contributed by atoms with Gasteiger partial charge in [-0.15, -0.1) is 0 Å². The number of carbonyl (C=O) groups excluding carboxylic acids is 1. The third kappa shape index (κ3) is 4.79. The molecule has 0 radical (unpaired) electrons. The average molecular weight is 331 g/mol. The number of carbonyl (C=O) groups is 1. The Labute approximate surface area is 145 Å². The number of hydrogen-bond donors (Lipinski definition) is 1. The van der Waals surface area contributed by atoms with Gasteiger partial charge in [0.15, 0.2) is 0 Å². The Morgan fingerprint density at radius 2 is 2.00 bits per heavy atom. The lowest BCUT2D eigenvalue weighted by Crippen LogP contribution is -2.54. The average Bonchev–Trinajstić information content (AvgIpc) is 3.14. The van der Waals surface area contributed by atoms with Crippen molar-refractivity contribution in [1.82, 2.24) is 15.1 Å². The molecule has 1 aromatic carbocycles. The normalized spacial score (nSPS) is 24.0. The van der Waals surface area contributed by atoms with Crippen molar-refractivity contribution in [2.24, 2.45) is 0 Å². The van der Waals surface area contributed by atoms with Gasteiger partial charge in [-0.25, -0.2) is 0 Å². The van der Waals surface area contributed by atoms with Gasteiger partial charge in [0.2, 0.25) is 5.91 Å². The van der Waals surface area contributed by atoms with Crippen molar-refractivity contribution in [3.63, 3.8) is 0 Å². The molecular formula is C19H29N3O2. The fourth-order valence-electron chi connectivity index (χ4n) is 3.48. The molecule has 0 spiro atoms. The van der Waals surface area contributed by atoms with Crippen LogP contribution in [0.25, 0.3) is 0 Å². The van der Waals surface area contributed by atoms with Gasteiger partial charge in [0.05, 0.1) is 12.1 Å². The predicted octanol–water partition coefficient (Wildman–Crippen LogP) is 1.49. The SMILES string of the molecule is C[C@H](C(=O)NC[C@H]1CCCO1)N1CCN(Cc2ccccc2)CC1. The van der Waals surface area contributed by atoms with E-state index in [2.05, 4.69) is 45.4 Å². The number of rotatable bonds is 6. The Hall–Kier alpha value is -1.43. The van der Waals surface area contributed by atoms with Crippen molar-refractivity contribution in [2.75, 3.05) is 39.3 Å². The largest absolute Gasteiger partial charge is 0.376 e. The van der Waals surface area contributed by atoms with Crippen LogP contribution in [0.5, 0.6) is 0 Å². The number of hydrogen-bond acceptors (Lipinski definition) is 4. The maximum absolute atomic E-state index is 12.3. The zero-order valence-electron chi connectivity index (χ0n) is 14.6. The van der Waals surface area contributed by atoms with Crippen LogP contribution in [0.1, 0.15) is 25.3 Å². The summed E-state index contributed by atoms with van der Waals surface area (Å²) in [6.07, 6.45) is 2.38. The minimum atomic E-state index is -0.0646. The third-order valence-electron chi connectivity index (χ3n) is 5.11. The van der Waals surface area contributed by atoms with E-state index in [0.29, 0.717) is 6.54 Å². The molecule has 0 aliphatic carbocycles. The molecule has 2 aliphatic rings. The highest BCUT2D eigenvalue weighted by Crippen LogP contribution is 2.12. The topological polar surface area (TPSA) is 44.8 Å². The van der Waals surface area contributed by atoms with Crippen molar-refractivity contribution in [1.29, 1.82) is 0 Å². The van der Waals surface area contributed by atoms with Crippen molar-refractivity contribution in [3.8, 4) is 0 Å². The fourth-order valence-corrected chi connectivity index (χ4v) is 3.48. The molecule has 2 heterocycles. The zero-order valence-corrected chi connectivity index (χ0v) is 14.6. The molecule has 2 aliphatic heterocycles. The van der Waals surface area contributed by atoms with E-state index >= 15 is 0 Å². The van der Waals surface area contributed by atoms with Gasteiger partial charge in [0.25, 0.3) is 0 Å². The highest BCUT2D eigenvalue weighted by atomic mass is 16.5. The van der Waals surface area contributed by atoms with E-state index in [0.717, 1.165) is 52.2 Å². The number of amides is 1. The molecule has 2 saturated heterocycles. The molecule has 132 valence electrons. The molecule has 2 atom stereocenters. The van der Waals surface area contributed by atoms with Crippen LogP contribution >= 0.6 is 0 Å². The van der Waals surface area contributed by atoms with Gasteiger partial charge in [-0.05, 0) is 25.3 Å². The first-order chi connectivity index (χ1) is 11.7. The van der Waals surface area contributed by atoms with E-state index < -0.39 is 0 Å². The van der Waals surface area contributed by atoms with E-state index in [4.69, 9.17) is 4.74 Å². The van der Waals surface area contributed by atoms with Crippen molar-refractivity contribution in [3.05, 3.63) is 35.9 Å². The molecule has 3 rings (SSSR count). The van der Waals surface area contributed by atoms with Gasteiger partial charge in [0.1, 0.15) is 0 Å². The summed E-state index contributed by atoms with van der Waals surface area (Å²) in [7, 11) is 0. The Morgan fingerprint density at radius 3 is 2.67 bits per heavy atom. The van der Waals surface area contributed by atoms with Crippen molar-refractivity contribution >= 4 is 5.91 Å². The number of piperazine rings is 1. The Balaban J connectivity index is 1.39. The summed E-state index contributed by atoms with van der Waals surface area (Å²) >= 11 is 0. The summed E-state index contributed by atoms with van der Waals surface area (Å²) in [6.45, 7) is 8.40. The predicted molar refractivity (Wildman–Crippen MR) is 94.7 cm³/mol. The highest BCUT2D eigenvalue weighted by Gasteiger charge is 2.26. The van der Waals surface area contributed by atoms with Gasteiger partial charge in [0, 0.05) is 45.9 Å². The third-order valence-corrected chi connectivity index (χ3v) is 5.11. The van der Waals surface area contributed by atoms with Crippen LogP contribution in [0.2, 0.25) is 0 Å². The summed E-state index contributed by atoms with van der Waals surface area (Å²) in [4.78, 5) is 17.1. The molecule has 5 heteroatoms. The van der Waals surface area contributed by atoms with Crippen LogP contribution < -0.4 is 5.32 Å². The molecule has 0 aromatic heterocycles. The van der Waals surface area contributed by atoms with Crippen LogP contribution in [-0.2, 0) is 16.1 Å². The molecule has 5 nitrogen and oxygen atoms in total. The molecule has 2 fully saturated rings. The molecule has 0 unspecified atom stereocenters. The Morgan fingerprint density at radius 1 is 1.25 bits per heavy atom. The van der Waals surface area contributed by atoms with Crippen LogP contribution in [0.3, 0.4) is 0 Å². The number of nitrogens with zero attached hydrogens (tertiary/aromatic N) is 2. The first-order valence-corrected chi connectivity index (χ1v) is 9.12. The van der Waals surface area contributed by atoms with E-state index in [-0.39, 0.29) is 18.1 Å². The maximum atomic E-state index is 12.3. The summed E-state index contributed by atoms with van der Waals surface area (Å²) in [5, 5.41) is 3.05. The zero-order chi connectivity index (χ0) is 16.8. The second-order valence-corrected chi connectivity index (χ2v) is 6.85. The van der Waals surface area contributed by atoms with E-state index in [9.17, 15) is 4.79 Å². The van der Waals surface area contributed by atoms with Gasteiger partial charge >= 0.3 is 0 Å². The van der Waals surface area contributed by atoms with Gasteiger partial charge in [-0.1, -0.05) is 30.3 Å². The second kappa shape index (κ2) is 8.60. The molecule has 0 bridgehead atoms. The first-order valence-electron chi connectivity index (χ1n) is 9.12. The monoisotopic (exact) mass is 331 g/mol. The Bertz CT molecular complexity index is 509. The first kappa shape index (κ1) is 17.4. The minimum Gasteiger partial charge on any atom is -0.376 e. The highest BCUT2D eigenvalue weighted by molar-refractivity contribution is 5.81. The lowest BCUT2D eigenvalue weighted by molar-refractivity contribution is -0.127. The van der Waals surface area contributed by atoms with Crippen molar-refractivity contribution in [2.45, 2.75) is 38.5 Å². The maximum Gasteiger partial charge on any atom is 0.237 e. The van der Waals surface area contributed by atoms with Crippen LogP contribution in [0.15, 0.2) is 30.3 Å². The van der Waals surface area contributed by atoms with Crippen LogP contribution in [0.4, 0.5) is 0 Å². The van der Waals surface area contributed by atoms with Gasteiger partial charge < -0.3 is 10.1 Å². The molecule has 1 aromatic rings. The quantitative estimate of drug-likeness (QED) is 0.858. The standard InChI is InChI=1S/C19H29N3O2/c1-16(19(23)20-14-18-8-5-13-24-18)22-11-9-21(10-12-22)15-17-6-3-2-4-7-17/h2-4,6-7,16,18H,5,8-15H2,1H3,(H,20,23)/t16-,18-/m1/s1. The molecule has 1 N–H and O–H groups in total. The summed E-state index contributed by atoms with van der Waals surface area (Å²) in [6, 6.07) is 10.5. The van der Waals surface area contributed by atoms with E-state index in [1.165, 1.54) is 5.56 Å². The molecular weight excluding hydrogens is 302 g/mol. The lowest BCUT2D eigenvalue weighted by Gasteiger charge is -2.37. The minimum absolute atomic E-state index is 0.0646. The fraction of sp³-hybridized carbons (Fsp3) is 0.632. The second-order valence-electron chi connectivity index (χ2n) is 6.85. The molecule has 1 amide bonds. The summed E-state index contributed by atoms with van der Waals surface area (Å²) in [5.74, 6) is 0.127. The van der Waals surface area contributed by atoms with Crippen LogP contribution in [-0.4, -0.2) is 67.2 Å². The lowest BCUT2D eigenvalue weighted by atomic mass is 10.1. The van der Waals surface area contributed by atoms with Crippen molar-refractivity contribution < 1.29 is 9.53 Å². The van der Waals surface area contributed by atoms with Gasteiger partial charge in [-0.2, -0.15) is 0 Å². The number of benzene rings is 1. The van der Waals surface area contributed by atoms with E-state index in [1.807, 2.05) is 6.92 Å². The summed E-state index contributed by atoms with van der Waals surface area (Å²) < 4.78 is 5.56. The van der Waals surface area contributed by atoms with E-state index in [1.54, 1.807) is 0 Å².